The lowest BCUT2D eigenvalue weighted by Crippen LogP contribution is -1.98. The summed E-state index contributed by atoms with van der Waals surface area (Å²) in [6, 6.07) is 7.82. The molecule has 96 valence electrons. The van der Waals surface area contributed by atoms with Gasteiger partial charge in [-0.2, -0.15) is 5.26 Å². The van der Waals surface area contributed by atoms with Crippen molar-refractivity contribution >= 4 is 39.0 Å². The smallest absolute Gasteiger partial charge is 0.131 e. The van der Waals surface area contributed by atoms with Gasteiger partial charge in [0.2, 0.25) is 0 Å². The van der Waals surface area contributed by atoms with E-state index in [-0.39, 0.29) is 5.02 Å². The second-order valence-electron chi connectivity index (χ2n) is 3.86. The van der Waals surface area contributed by atoms with Gasteiger partial charge >= 0.3 is 0 Å². The Morgan fingerprint density at radius 1 is 1.37 bits per heavy atom. The summed E-state index contributed by atoms with van der Waals surface area (Å²) >= 11 is 9.20. The van der Waals surface area contributed by atoms with Crippen molar-refractivity contribution in [3.63, 3.8) is 0 Å². The van der Waals surface area contributed by atoms with Gasteiger partial charge in [0.25, 0.3) is 0 Å². The van der Waals surface area contributed by atoms with Crippen LogP contribution in [0, 0.1) is 24.1 Å². The maximum Gasteiger partial charge on any atom is 0.131 e. The lowest BCUT2D eigenvalue weighted by molar-refractivity contribution is 0.627. The summed E-state index contributed by atoms with van der Waals surface area (Å²) in [4.78, 5) is 4.25. The van der Waals surface area contributed by atoms with Crippen LogP contribution in [0.2, 0.25) is 5.02 Å². The van der Waals surface area contributed by atoms with E-state index in [0.717, 1.165) is 0 Å². The fourth-order valence-corrected chi connectivity index (χ4v) is 2.49. The molecule has 0 radical (unpaired) electrons. The zero-order chi connectivity index (χ0) is 14.0. The summed E-state index contributed by atoms with van der Waals surface area (Å²) in [7, 11) is 0. The van der Waals surface area contributed by atoms with Gasteiger partial charge in [-0.25, -0.2) is 9.37 Å². The summed E-state index contributed by atoms with van der Waals surface area (Å²) < 4.78 is 13.6. The number of nitrogens with one attached hydrogen (secondary N) is 1. The highest BCUT2D eigenvalue weighted by Gasteiger charge is 2.09. The molecule has 6 heteroatoms. The normalized spacial score (nSPS) is 10.1. The first kappa shape index (κ1) is 13.8. The molecule has 1 N–H and O–H groups in total. The largest absolute Gasteiger partial charge is 0.338 e. The zero-order valence-corrected chi connectivity index (χ0v) is 12.2. The highest BCUT2D eigenvalue weighted by Crippen LogP contribution is 2.33. The van der Waals surface area contributed by atoms with Gasteiger partial charge < -0.3 is 5.32 Å². The number of pyridine rings is 1. The van der Waals surface area contributed by atoms with E-state index in [1.807, 2.05) is 6.07 Å². The monoisotopic (exact) mass is 339 g/mol. The number of rotatable bonds is 2. The molecule has 2 rings (SSSR count). The van der Waals surface area contributed by atoms with Gasteiger partial charge in [-0.3, -0.25) is 0 Å². The second kappa shape index (κ2) is 5.55. The quantitative estimate of drug-likeness (QED) is 0.872. The first-order valence-electron chi connectivity index (χ1n) is 5.30. The molecule has 0 amide bonds. The summed E-state index contributed by atoms with van der Waals surface area (Å²) in [5, 5.41) is 12.1. The van der Waals surface area contributed by atoms with Crippen LogP contribution >= 0.6 is 27.5 Å². The van der Waals surface area contributed by atoms with Crippen molar-refractivity contribution < 1.29 is 4.39 Å². The number of hydrogen-bond acceptors (Lipinski definition) is 3. The Hall–Kier alpha value is -1.64. The third-order valence-corrected chi connectivity index (χ3v) is 3.27. The van der Waals surface area contributed by atoms with Gasteiger partial charge in [-0.05, 0) is 47.1 Å². The van der Waals surface area contributed by atoms with Crippen molar-refractivity contribution in [2.24, 2.45) is 0 Å². The average molecular weight is 341 g/mol. The lowest BCUT2D eigenvalue weighted by Gasteiger charge is -2.11. The topological polar surface area (TPSA) is 48.7 Å². The molecule has 19 heavy (non-hydrogen) atoms. The number of nitriles is 1. The highest BCUT2D eigenvalue weighted by molar-refractivity contribution is 9.10. The number of benzene rings is 1. The number of anilines is 2. The van der Waals surface area contributed by atoms with E-state index in [9.17, 15) is 4.39 Å². The molecular weight excluding hydrogens is 333 g/mol. The standard InChI is InChI=1S/C13H8BrClFN3/c1-7-2-8(6-17)3-12(18-7)19-13-10(14)4-9(16)5-11(13)15/h2-5H,1H3,(H,18,19). The van der Waals surface area contributed by atoms with Crippen molar-refractivity contribution in [3.05, 3.63) is 50.8 Å². The van der Waals surface area contributed by atoms with Crippen molar-refractivity contribution in [1.29, 1.82) is 5.26 Å². The molecule has 0 atom stereocenters. The van der Waals surface area contributed by atoms with Crippen LogP contribution in [-0.2, 0) is 0 Å². The van der Waals surface area contributed by atoms with Crippen LogP contribution < -0.4 is 5.32 Å². The molecule has 3 nitrogen and oxygen atoms in total. The van der Waals surface area contributed by atoms with Crippen LogP contribution in [0.15, 0.2) is 28.7 Å². The van der Waals surface area contributed by atoms with E-state index < -0.39 is 5.82 Å². The summed E-state index contributed by atoms with van der Waals surface area (Å²) in [5.74, 6) is 0.0445. The molecule has 1 aromatic heterocycles. The van der Waals surface area contributed by atoms with Gasteiger partial charge in [0, 0.05) is 10.2 Å². The van der Waals surface area contributed by atoms with Gasteiger partial charge in [0.05, 0.1) is 22.3 Å². The molecule has 0 aliphatic heterocycles. The molecule has 0 spiro atoms. The minimum atomic E-state index is -0.433. The lowest BCUT2D eigenvalue weighted by atomic mass is 10.2. The van der Waals surface area contributed by atoms with Crippen LogP contribution in [-0.4, -0.2) is 4.98 Å². The Kier molecular flexibility index (Phi) is 4.03. The average Bonchev–Trinajstić information content (AvgIpc) is 2.33. The molecule has 0 saturated heterocycles. The van der Waals surface area contributed by atoms with Crippen LogP contribution in [0.3, 0.4) is 0 Å². The number of aryl methyl sites for hydroxylation is 1. The van der Waals surface area contributed by atoms with Gasteiger partial charge in [0.1, 0.15) is 11.6 Å². The molecule has 0 fully saturated rings. The molecule has 1 heterocycles. The van der Waals surface area contributed by atoms with Crippen molar-refractivity contribution in [1.82, 2.24) is 4.98 Å². The van der Waals surface area contributed by atoms with E-state index in [1.165, 1.54) is 12.1 Å². The van der Waals surface area contributed by atoms with E-state index in [0.29, 0.717) is 27.2 Å². The zero-order valence-electron chi connectivity index (χ0n) is 9.84. The number of nitrogens with zero attached hydrogens (tertiary/aromatic N) is 2. The van der Waals surface area contributed by atoms with E-state index in [1.54, 1.807) is 19.1 Å². The molecule has 0 aliphatic rings. The van der Waals surface area contributed by atoms with Gasteiger partial charge in [0.15, 0.2) is 0 Å². The molecule has 1 aromatic carbocycles. The van der Waals surface area contributed by atoms with E-state index in [4.69, 9.17) is 16.9 Å². The fraction of sp³-hybridized carbons (Fsp3) is 0.0769. The minimum absolute atomic E-state index is 0.230. The SMILES string of the molecule is Cc1cc(C#N)cc(Nc2c(Cl)cc(F)cc2Br)n1. The van der Waals surface area contributed by atoms with Crippen molar-refractivity contribution in [2.45, 2.75) is 6.92 Å². The molecule has 2 aromatic rings. The number of halogens is 3. The Labute approximate surface area is 123 Å². The summed E-state index contributed by atoms with van der Waals surface area (Å²) in [6.07, 6.45) is 0. The van der Waals surface area contributed by atoms with Crippen molar-refractivity contribution in [2.75, 3.05) is 5.32 Å². The maximum absolute atomic E-state index is 13.1. The van der Waals surface area contributed by atoms with Gasteiger partial charge in [-0.1, -0.05) is 11.6 Å². The maximum atomic E-state index is 13.1. The number of aromatic nitrogens is 1. The summed E-state index contributed by atoms with van der Waals surface area (Å²) in [6.45, 7) is 1.79. The molecule has 0 aliphatic carbocycles. The predicted molar refractivity (Wildman–Crippen MR) is 76.1 cm³/mol. The Morgan fingerprint density at radius 2 is 2.11 bits per heavy atom. The molecule has 0 bridgehead atoms. The predicted octanol–water partition coefficient (Wildman–Crippen LogP) is 4.56. The Balaban J connectivity index is 2.42. The Morgan fingerprint density at radius 3 is 2.74 bits per heavy atom. The fourth-order valence-electron chi connectivity index (χ4n) is 1.59. The van der Waals surface area contributed by atoms with E-state index in [2.05, 4.69) is 26.2 Å². The van der Waals surface area contributed by atoms with Crippen LogP contribution in [0.1, 0.15) is 11.3 Å². The molecule has 0 unspecified atom stereocenters. The first-order valence-corrected chi connectivity index (χ1v) is 6.47. The molecule has 0 saturated carbocycles. The van der Waals surface area contributed by atoms with Crippen LogP contribution in [0.4, 0.5) is 15.9 Å². The van der Waals surface area contributed by atoms with E-state index >= 15 is 0 Å². The Bertz CT molecular complexity index is 659. The van der Waals surface area contributed by atoms with Gasteiger partial charge in [-0.15, -0.1) is 0 Å². The minimum Gasteiger partial charge on any atom is -0.338 e. The van der Waals surface area contributed by atoms with Crippen molar-refractivity contribution in [3.8, 4) is 6.07 Å². The first-order chi connectivity index (χ1) is 8.99. The number of hydrogen-bond donors (Lipinski definition) is 1. The third-order valence-electron chi connectivity index (χ3n) is 2.34. The van der Waals surface area contributed by atoms with Crippen LogP contribution in [0.5, 0.6) is 0 Å². The van der Waals surface area contributed by atoms with Crippen LogP contribution in [0.25, 0.3) is 0 Å². The highest BCUT2D eigenvalue weighted by atomic mass is 79.9. The molecular formula is C13H8BrClFN3. The second-order valence-corrected chi connectivity index (χ2v) is 5.13. The summed E-state index contributed by atoms with van der Waals surface area (Å²) in [5.41, 5.74) is 1.70. The third kappa shape index (κ3) is 3.22.